The Hall–Kier alpha value is -2.13. The second-order valence-corrected chi connectivity index (χ2v) is 8.76. The molecule has 1 aliphatic heterocycles. The first-order valence-corrected chi connectivity index (χ1v) is 10.3. The van der Waals surface area contributed by atoms with E-state index in [1.807, 2.05) is 24.6 Å². The second-order valence-electron chi connectivity index (χ2n) is 8.76. The summed E-state index contributed by atoms with van der Waals surface area (Å²) in [5.41, 5.74) is 6.46. The van der Waals surface area contributed by atoms with Crippen LogP contribution in [0.5, 0.6) is 0 Å². The van der Waals surface area contributed by atoms with Gasteiger partial charge < -0.3 is 10.5 Å². The summed E-state index contributed by atoms with van der Waals surface area (Å²) in [4.78, 5) is 6.21. The number of nitrogens with zero attached hydrogens (tertiary/aromatic N) is 4. The number of anilines is 1. The lowest BCUT2D eigenvalue weighted by Crippen LogP contribution is -2.36. The van der Waals surface area contributed by atoms with Crippen LogP contribution in [0.25, 0.3) is 11.3 Å². The molecule has 1 saturated carbocycles. The van der Waals surface area contributed by atoms with Crippen LogP contribution < -0.4 is 5.73 Å². The lowest BCUT2D eigenvalue weighted by atomic mass is 10.1. The molecule has 4 rings (SSSR count). The number of likely N-dealkylation sites (tertiary alicyclic amines) is 1. The molecule has 30 heavy (non-hydrogen) atoms. The predicted octanol–water partition coefficient (Wildman–Crippen LogP) is 3.81. The van der Waals surface area contributed by atoms with Gasteiger partial charge in [-0.3, -0.25) is 9.58 Å². The molecule has 2 aromatic rings. The van der Waals surface area contributed by atoms with E-state index in [1.54, 1.807) is 7.11 Å². The lowest BCUT2D eigenvalue weighted by Gasteiger charge is -2.26. The van der Waals surface area contributed by atoms with E-state index in [4.69, 9.17) is 10.5 Å². The van der Waals surface area contributed by atoms with Crippen LogP contribution in [-0.2, 0) is 10.9 Å². The van der Waals surface area contributed by atoms with Crippen molar-refractivity contribution in [1.82, 2.24) is 19.7 Å². The van der Waals surface area contributed by atoms with Crippen LogP contribution in [0.3, 0.4) is 0 Å². The lowest BCUT2D eigenvalue weighted by molar-refractivity contribution is -0.137. The third-order valence-corrected chi connectivity index (χ3v) is 6.37. The van der Waals surface area contributed by atoms with E-state index in [-0.39, 0.29) is 6.04 Å². The fourth-order valence-electron chi connectivity index (χ4n) is 4.76. The van der Waals surface area contributed by atoms with Gasteiger partial charge in [0.15, 0.2) is 0 Å². The summed E-state index contributed by atoms with van der Waals surface area (Å²) in [5.74, 6) is 0.989. The Morgan fingerprint density at radius 1 is 1.20 bits per heavy atom. The molecule has 0 bridgehead atoms. The molecule has 0 amide bonds. The van der Waals surface area contributed by atoms with Gasteiger partial charge in [-0.15, -0.1) is 0 Å². The topological polar surface area (TPSA) is 69.2 Å². The van der Waals surface area contributed by atoms with Crippen molar-refractivity contribution < 1.29 is 17.9 Å². The fourth-order valence-corrected chi connectivity index (χ4v) is 4.76. The number of nitrogen functional groups attached to an aromatic ring is 1. The Kier molecular flexibility index (Phi) is 5.30. The number of pyridine rings is 1. The summed E-state index contributed by atoms with van der Waals surface area (Å²) in [6, 6.07) is 3.47. The Morgan fingerprint density at radius 3 is 2.43 bits per heavy atom. The van der Waals surface area contributed by atoms with Crippen LogP contribution in [0, 0.1) is 11.8 Å². The minimum absolute atomic E-state index is 0.113. The molecule has 1 saturated heterocycles. The molecule has 2 N–H and O–H groups in total. The van der Waals surface area contributed by atoms with Crippen LogP contribution in [0.2, 0.25) is 0 Å². The number of ether oxygens (including phenoxy) is 1. The zero-order valence-corrected chi connectivity index (χ0v) is 17.6. The maximum absolute atomic E-state index is 13.2. The molecule has 3 atom stereocenters. The molecule has 2 fully saturated rings. The van der Waals surface area contributed by atoms with E-state index in [2.05, 4.69) is 21.9 Å². The average molecular weight is 423 g/mol. The Bertz CT molecular complexity index is 914. The van der Waals surface area contributed by atoms with E-state index < -0.39 is 17.6 Å². The SMILES string of the molecule is COCC(C)N1CC2C(C1)C2c1cc(-c2cnc(N)c(C(F)(F)F)c2)nn1C(C)C. The van der Waals surface area contributed by atoms with E-state index in [1.165, 1.54) is 6.20 Å². The van der Waals surface area contributed by atoms with E-state index in [0.29, 0.717) is 41.7 Å². The van der Waals surface area contributed by atoms with Gasteiger partial charge >= 0.3 is 6.18 Å². The van der Waals surface area contributed by atoms with Gasteiger partial charge in [-0.1, -0.05) is 0 Å². The zero-order valence-electron chi connectivity index (χ0n) is 17.6. The highest BCUT2D eigenvalue weighted by Gasteiger charge is 2.58. The van der Waals surface area contributed by atoms with Crippen molar-refractivity contribution in [3.05, 3.63) is 29.6 Å². The summed E-state index contributed by atoms with van der Waals surface area (Å²) in [6.07, 6.45) is -3.18. The van der Waals surface area contributed by atoms with Crippen molar-refractivity contribution in [3.63, 3.8) is 0 Å². The van der Waals surface area contributed by atoms with Gasteiger partial charge in [-0.05, 0) is 44.7 Å². The molecule has 0 aromatic carbocycles. The summed E-state index contributed by atoms with van der Waals surface area (Å²) in [5, 5.41) is 4.64. The van der Waals surface area contributed by atoms with Crippen LogP contribution in [0.1, 0.15) is 44.0 Å². The van der Waals surface area contributed by atoms with Gasteiger partial charge in [0.2, 0.25) is 0 Å². The summed E-state index contributed by atoms with van der Waals surface area (Å²) in [6.45, 7) is 8.98. The number of fused-ring (bicyclic) bond motifs is 1. The van der Waals surface area contributed by atoms with E-state index in [0.717, 1.165) is 24.8 Å². The van der Waals surface area contributed by atoms with Gasteiger partial charge in [-0.25, -0.2) is 4.98 Å². The fraction of sp³-hybridized carbons (Fsp3) is 0.619. The third kappa shape index (κ3) is 3.69. The smallest absolute Gasteiger partial charge is 0.383 e. The maximum atomic E-state index is 13.2. The number of halogens is 3. The molecule has 3 heterocycles. The molecular formula is C21H28F3N5O. The first kappa shape index (κ1) is 21.1. The zero-order chi connectivity index (χ0) is 21.8. The number of rotatable bonds is 6. The van der Waals surface area contributed by atoms with Crippen LogP contribution >= 0.6 is 0 Å². The van der Waals surface area contributed by atoms with Gasteiger partial charge in [0.05, 0.1) is 17.9 Å². The van der Waals surface area contributed by atoms with Crippen molar-refractivity contribution >= 4 is 5.82 Å². The van der Waals surface area contributed by atoms with Crippen LogP contribution in [-0.4, -0.2) is 52.5 Å². The molecule has 3 unspecified atom stereocenters. The number of hydrogen-bond acceptors (Lipinski definition) is 5. The maximum Gasteiger partial charge on any atom is 0.419 e. The normalized spacial score (nSPS) is 25.0. The van der Waals surface area contributed by atoms with Gasteiger partial charge in [0.25, 0.3) is 0 Å². The van der Waals surface area contributed by atoms with Crippen LogP contribution in [0.4, 0.5) is 19.0 Å². The first-order chi connectivity index (χ1) is 14.1. The third-order valence-electron chi connectivity index (χ3n) is 6.37. The highest BCUT2D eigenvalue weighted by molar-refractivity contribution is 5.63. The number of aromatic nitrogens is 3. The molecular weight excluding hydrogens is 395 g/mol. The van der Waals surface area contributed by atoms with E-state index >= 15 is 0 Å². The van der Waals surface area contributed by atoms with Crippen molar-refractivity contribution in [3.8, 4) is 11.3 Å². The van der Waals surface area contributed by atoms with Crippen molar-refractivity contribution in [2.45, 2.75) is 44.9 Å². The molecule has 0 spiro atoms. The monoisotopic (exact) mass is 423 g/mol. The standard InChI is InChI=1S/C21H28F3N5O/c1-11(2)29-18(19-14-8-28(9-15(14)19)12(3)10-30-4)6-17(27-29)13-5-16(21(22,23)24)20(25)26-7-13/h5-7,11-12,14-15,19H,8-10H2,1-4H3,(H2,25,26). The summed E-state index contributed by atoms with van der Waals surface area (Å²) >= 11 is 0. The average Bonchev–Trinajstić information content (AvgIpc) is 3.03. The molecule has 0 radical (unpaired) electrons. The quantitative estimate of drug-likeness (QED) is 0.765. The molecule has 1 aliphatic carbocycles. The Morgan fingerprint density at radius 2 is 1.87 bits per heavy atom. The Balaban J connectivity index is 1.60. The number of methoxy groups -OCH3 is 1. The van der Waals surface area contributed by atoms with Crippen molar-refractivity contribution in [1.29, 1.82) is 0 Å². The molecule has 9 heteroatoms. The van der Waals surface area contributed by atoms with Crippen molar-refractivity contribution in [2.24, 2.45) is 11.8 Å². The molecule has 164 valence electrons. The minimum Gasteiger partial charge on any atom is -0.383 e. The Labute approximate surface area is 174 Å². The predicted molar refractivity (Wildman–Crippen MR) is 108 cm³/mol. The number of piperidine rings is 1. The van der Waals surface area contributed by atoms with Crippen molar-refractivity contribution in [2.75, 3.05) is 32.5 Å². The largest absolute Gasteiger partial charge is 0.419 e. The number of alkyl halides is 3. The van der Waals surface area contributed by atoms with Gasteiger partial charge in [0, 0.05) is 55.7 Å². The second kappa shape index (κ2) is 7.53. The number of nitrogens with two attached hydrogens (primary N) is 1. The van der Waals surface area contributed by atoms with Gasteiger partial charge in [-0.2, -0.15) is 18.3 Å². The van der Waals surface area contributed by atoms with E-state index in [9.17, 15) is 13.2 Å². The first-order valence-electron chi connectivity index (χ1n) is 10.3. The number of hydrogen-bond donors (Lipinski definition) is 1. The highest BCUT2D eigenvalue weighted by atomic mass is 19.4. The summed E-state index contributed by atoms with van der Waals surface area (Å²) < 4.78 is 47.0. The highest BCUT2D eigenvalue weighted by Crippen LogP contribution is 2.59. The molecule has 2 aromatic heterocycles. The minimum atomic E-state index is -4.55. The van der Waals surface area contributed by atoms with Gasteiger partial charge in [0.1, 0.15) is 5.82 Å². The summed E-state index contributed by atoms with van der Waals surface area (Å²) in [7, 11) is 1.72. The molecule has 6 nitrogen and oxygen atoms in total. The van der Waals surface area contributed by atoms with Crippen LogP contribution in [0.15, 0.2) is 18.3 Å². The molecule has 2 aliphatic rings.